The molecule has 2 aromatic carbocycles. The summed E-state index contributed by atoms with van der Waals surface area (Å²) in [4.78, 5) is 0.102. The van der Waals surface area contributed by atoms with E-state index in [2.05, 4.69) is 48.0 Å². The van der Waals surface area contributed by atoms with Gasteiger partial charge in [0.25, 0.3) is 0 Å². The number of rotatable bonds is 2. The lowest BCUT2D eigenvalue weighted by Crippen LogP contribution is -2.00. The van der Waals surface area contributed by atoms with Gasteiger partial charge >= 0.3 is 0 Å². The van der Waals surface area contributed by atoms with Gasteiger partial charge in [-0.25, -0.2) is 4.39 Å². The molecule has 0 aliphatic rings. The first-order chi connectivity index (χ1) is 8.91. The van der Waals surface area contributed by atoms with Gasteiger partial charge in [0.1, 0.15) is 5.82 Å². The summed E-state index contributed by atoms with van der Waals surface area (Å²) < 4.78 is 13.7. The predicted octanol–water partition coefficient (Wildman–Crippen LogP) is 5.54. The van der Waals surface area contributed by atoms with E-state index in [4.69, 9.17) is 0 Å². The molecule has 0 saturated heterocycles. The van der Waals surface area contributed by atoms with Crippen molar-refractivity contribution in [3.63, 3.8) is 0 Å². The van der Waals surface area contributed by atoms with Crippen molar-refractivity contribution in [1.29, 1.82) is 0 Å². The molecule has 0 radical (unpaired) electrons. The third kappa shape index (κ3) is 2.74. The molecule has 0 fully saturated rings. The largest absolute Gasteiger partial charge is 0.206 e. The zero-order valence-corrected chi connectivity index (χ0v) is 13.3. The first kappa shape index (κ1) is 14.3. The number of halogens is 2. The van der Waals surface area contributed by atoms with Crippen molar-refractivity contribution in [2.45, 2.75) is 32.5 Å². The molecule has 0 aromatic heterocycles. The van der Waals surface area contributed by atoms with Gasteiger partial charge in [-0.1, -0.05) is 46.3 Å². The van der Waals surface area contributed by atoms with Crippen LogP contribution >= 0.6 is 15.9 Å². The second kappa shape index (κ2) is 5.46. The first-order valence-corrected chi connectivity index (χ1v) is 7.30. The van der Waals surface area contributed by atoms with Crippen molar-refractivity contribution in [3.05, 3.63) is 69.5 Å². The Labute approximate surface area is 122 Å². The lowest BCUT2D eigenvalue weighted by atomic mass is 9.95. The average Bonchev–Trinajstić information content (AvgIpc) is 2.38. The van der Waals surface area contributed by atoms with Gasteiger partial charge in [-0.2, -0.15) is 0 Å². The molecule has 0 nitrogen and oxygen atoms in total. The molecule has 2 aromatic rings. The second-order valence-corrected chi connectivity index (χ2v) is 6.04. The summed E-state index contributed by atoms with van der Waals surface area (Å²) in [5.41, 5.74) is 6.30. The molecule has 2 heteroatoms. The molecule has 0 aliphatic carbocycles. The summed E-state index contributed by atoms with van der Waals surface area (Å²) in [5, 5.41) is 0. The Morgan fingerprint density at radius 1 is 0.947 bits per heavy atom. The standard InChI is InChI=1S/C17H18BrF/c1-10-6-5-7-15(13(10)4)16(18)14-8-11(2)17(19)12(3)9-14/h5-9,16H,1-4H3. The summed E-state index contributed by atoms with van der Waals surface area (Å²) in [5.74, 6) is -0.107. The molecular formula is C17H18BrF. The SMILES string of the molecule is Cc1cccc(C(Br)c2cc(C)c(F)c(C)c2)c1C. The Bertz CT molecular complexity index is 594. The van der Waals surface area contributed by atoms with E-state index in [-0.39, 0.29) is 10.6 Å². The number of hydrogen-bond acceptors (Lipinski definition) is 0. The third-order valence-electron chi connectivity index (χ3n) is 3.67. The van der Waals surface area contributed by atoms with Crippen molar-refractivity contribution in [1.82, 2.24) is 0 Å². The van der Waals surface area contributed by atoms with Crippen LogP contribution in [0.2, 0.25) is 0 Å². The predicted molar refractivity (Wildman–Crippen MR) is 82.6 cm³/mol. The van der Waals surface area contributed by atoms with E-state index in [1.807, 2.05) is 26.0 Å². The van der Waals surface area contributed by atoms with Gasteiger partial charge in [0.2, 0.25) is 0 Å². The van der Waals surface area contributed by atoms with Gasteiger partial charge in [-0.15, -0.1) is 0 Å². The minimum Gasteiger partial charge on any atom is -0.206 e. The van der Waals surface area contributed by atoms with Gasteiger partial charge in [-0.3, -0.25) is 0 Å². The molecule has 1 atom stereocenters. The van der Waals surface area contributed by atoms with Crippen LogP contribution in [0.1, 0.15) is 38.2 Å². The van der Waals surface area contributed by atoms with Crippen LogP contribution in [-0.2, 0) is 0 Å². The topological polar surface area (TPSA) is 0 Å². The highest BCUT2D eigenvalue weighted by Crippen LogP contribution is 2.35. The Morgan fingerprint density at radius 2 is 1.53 bits per heavy atom. The van der Waals surface area contributed by atoms with Crippen LogP contribution < -0.4 is 0 Å². The summed E-state index contributed by atoms with van der Waals surface area (Å²) in [7, 11) is 0. The van der Waals surface area contributed by atoms with E-state index in [0.29, 0.717) is 11.1 Å². The van der Waals surface area contributed by atoms with E-state index in [9.17, 15) is 4.39 Å². The normalized spacial score (nSPS) is 12.5. The first-order valence-electron chi connectivity index (χ1n) is 6.38. The smallest absolute Gasteiger partial charge is 0.129 e. The van der Waals surface area contributed by atoms with E-state index >= 15 is 0 Å². The molecular weight excluding hydrogens is 303 g/mol. The van der Waals surface area contributed by atoms with Crippen LogP contribution in [-0.4, -0.2) is 0 Å². The van der Waals surface area contributed by atoms with E-state index in [1.54, 1.807) is 0 Å². The number of alkyl halides is 1. The molecule has 0 heterocycles. The number of hydrogen-bond donors (Lipinski definition) is 0. The molecule has 0 saturated carbocycles. The molecule has 0 spiro atoms. The van der Waals surface area contributed by atoms with Gasteiger partial charge in [0.15, 0.2) is 0 Å². The van der Waals surface area contributed by atoms with Gasteiger partial charge in [-0.05, 0) is 61.1 Å². The van der Waals surface area contributed by atoms with Crippen LogP contribution in [0.15, 0.2) is 30.3 Å². The molecule has 0 N–H and O–H groups in total. The third-order valence-corrected chi connectivity index (χ3v) is 4.69. The Kier molecular flexibility index (Phi) is 4.10. The summed E-state index contributed by atoms with van der Waals surface area (Å²) in [6.07, 6.45) is 0. The maximum atomic E-state index is 13.7. The van der Waals surface area contributed by atoms with Crippen LogP contribution in [0.4, 0.5) is 4.39 Å². The van der Waals surface area contributed by atoms with E-state index in [0.717, 1.165) is 5.56 Å². The van der Waals surface area contributed by atoms with Crippen LogP contribution in [0.5, 0.6) is 0 Å². The van der Waals surface area contributed by atoms with E-state index < -0.39 is 0 Å². The van der Waals surface area contributed by atoms with Crippen molar-refractivity contribution in [2.75, 3.05) is 0 Å². The van der Waals surface area contributed by atoms with Crippen LogP contribution in [0.3, 0.4) is 0 Å². The molecule has 0 amide bonds. The highest BCUT2D eigenvalue weighted by molar-refractivity contribution is 9.09. The molecule has 1 unspecified atom stereocenters. The van der Waals surface area contributed by atoms with Crippen molar-refractivity contribution >= 4 is 15.9 Å². The molecule has 100 valence electrons. The molecule has 19 heavy (non-hydrogen) atoms. The Morgan fingerprint density at radius 3 is 2.11 bits per heavy atom. The van der Waals surface area contributed by atoms with Crippen LogP contribution in [0.25, 0.3) is 0 Å². The van der Waals surface area contributed by atoms with Crippen molar-refractivity contribution in [2.24, 2.45) is 0 Å². The summed E-state index contributed by atoms with van der Waals surface area (Å²) >= 11 is 3.75. The Balaban J connectivity index is 2.50. The molecule has 2 rings (SSSR count). The summed E-state index contributed by atoms with van der Waals surface area (Å²) in [6, 6.07) is 10.1. The van der Waals surface area contributed by atoms with Gasteiger partial charge in [0, 0.05) is 0 Å². The molecule has 0 bridgehead atoms. The number of benzene rings is 2. The van der Waals surface area contributed by atoms with Crippen LogP contribution in [0, 0.1) is 33.5 Å². The fourth-order valence-electron chi connectivity index (χ4n) is 2.35. The summed E-state index contributed by atoms with van der Waals surface area (Å²) in [6.45, 7) is 7.87. The fraction of sp³-hybridized carbons (Fsp3) is 0.294. The zero-order valence-electron chi connectivity index (χ0n) is 11.7. The van der Waals surface area contributed by atoms with Crippen molar-refractivity contribution in [3.8, 4) is 0 Å². The lowest BCUT2D eigenvalue weighted by molar-refractivity contribution is 0.608. The minimum absolute atomic E-state index is 0.102. The highest BCUT2D eigenvalue weighted by Gasteiger charge is 2.15. The highest BCUT2D eigenvalue weighted by atomic mass is 79.9. The minimum atomic E-state index is -0.107. The maximum Gasteiger partial charge on any atom is 0.129 e. The second-order valence-electron chi connectivity index (χ2n) is 5.12. The lowest BCUT2D eigenvalue weighted by Gasteiger charge is -2.17. The zero-order chi connectivity index (χ0) is 14.2. The quantitative estimate of drug-likeness (QED) is 0.637. The van der Waals surface area contributed by atoms with E-state index in [1.165, 1.54) is 16.7 Å². The number of aryl methyl sites for hydroxylation is 3. The van der Waals surface area contributed by atoms with Gasteiger partial charge in [0.05, 0.1) is 4.83 Å². The molecule has 0 aliphatic heterocycles. The monoisotopic (exact) mass is 320 g/mol. The van der Waals surface area contributed by atoms with Crippen molar-refractivity contribution < 1.29 is 4.39 Å². The fourth-order valence-corrected chi connectivity index (χ4v) is 3.11. The Hall–Kier alpha value is -1.15. The van der Waals surface area contributed by atoms with Gasteiger partial charge < -0.3 is 0 Å². The maximum absolute atomic E-state index is 13.7. The average molecular weight is 321 g/mol.